The van der Waals surface area contributed by atoms with Gasteiger partial charge in [0, 0.05) is 13.0 Å². The molecule has 0 saturated heterocycles. The number of hydrogen-bond acceptors (Lipinski definition) is 1. The lowest BCUT2D eigenvalue weighted by Gasteiger charge is -1.92. The molecule has 0 aromatic rings. The van der Waals surface area contributed by atoms with Gasteiger partial charge in [-0.25, -0.2) is 0 Å². The molecule has 0 aromatic heterocycles. The average Bonchev–Trinajstić information content (AvgIpc) is 2.10. The molecule has 12 heavy (non-hydrogen) atoms. The van der Waals surface area contributed by atoms with Gasteiger partial charge in [-0.05, 0) is 6.42 Å². The predicted octanol–water partition coefficient (Wildman–Crippen LogP) is 3.05. The molecule has 0 aromatic carbocycles. The van der Waals surface area contributed by atoms with E-state index in [1.54, 1.807) is 6.21 Å². The van der Waals surface area contributed by atoms with Crippen LogP contribution in [0.15, 0.2) is 4.99 Å². The largest absolute Gasteiger partial charge is 0.284 e. The molecular weight excluding hydrogens is 146 g/mol. The zero-order valence-corrected chi connectivity index (χ0v) is 8.27. The molecule has 0 amide bonds. The quantitative estimate of drug-likeness (QED) is 0.337. The van der Waals surface area contributed by atoms with E-state index in [1.807, 2.05) is 6.92 Å². The summed E-state index contributed by atoms with van der Waals surface area (Å²) in [5.74, 6) is 5.84. The van der Waals surface area contributed by atoms with E-state index in [1.165, 1.54) is 25.7 Å². The highest BCUT2D eigenvalue weighted by molar-refractivity contribution is 5.78. The molecule has 0 spiro atoms. The summed E-state index contributed by atoms with van der Waals surface area (Å²) < 4.78 is 0. The first-order chi connectivity index (χ1) is 5.91. The molecule has 68 valence electrons. The molecule has 0 atom stereocenters. The first kappa shape index (κ1) is 11.2. The zero-order valence-electron chi connectivity index (χ0n) is 8.27. The van der Waals surface area contributed by atoms with Gasteiger partial charge in [0.15, 0.2) is 0 Å². The predicted molar refractivity (Wildman–Crippen MR) is 55.6 cm³/mol. The van der Waals surface area contributed by atoms with Crippen LogP contribution in [0, 0.1) is 11.8 Å². The molecule has 0 saturated carbocycles. The molecular formula is C11H19N. The van der Waals surface area contributed by atoms with Gasteiger partial charge in [-0.2, -0.15) is 0 Å². The van der Waals surface area contributed by atoms with Crippen LogP contribution in [0.3, 0.4) is 0 Å². The monoisotopic (exact) mass is 165 g/mol. The smallest absolute Gasteiger partial charge is 0.0710 e. The minimum absolute atomic E-state index is 0.919. The summed E-state index contributed by atoms with van der Waals surface area (Å²) in [7, 11) is 0. The lowest BCUT2D eigenvalue weighted by atomic mass is 10.2. The molecule has 0 radical (unpaired) electrons. The van der Waals surface area contributed by atoms with Crippen LogP contribution in [0.2, 0.25) is 0 Å². The average molecular weight is 165 g/mol. The van der Waals surface area contributed by atoms with Crippen molar-refractivity contribution >= 4 is 6.21 Å². The first-order valence-electron chi connectivity index (χ1n) is 4.88. The van der Waals surface area contributed by atoms with Gasteiger partial charge in [-0.1, -0.05) is 45.0 Å². The number of hydrogen-bond donors (Lipinski definition) is 0. The lowest BCUT2D eigenvalue weighted by molar-refractivity contribution is 0.676. The summed E-state index contributed by atoms with van der Waals surface area (Å²) in [6.07, 6.45) is 7.78. The zero-order chi connectivity index (χ0) is 9.07. The van der Waals surface area contributed by atoms with Gasteiger partial charge < -0.3 is 0 Å². The summed E-state index contributed by atoms with van der Waals surface area (Å²) in [5.41, 5.74) is 0. The summed E-state index contributed by atoms with van der Waals surface area (Å²) >= 11 is 0. The number of rotatable bonds is 5. The topological polar surface area (TPSA) is 12.4 Å². The fourth-order valence-electron chi connectivity index (χ4n) is 0.888. The van der Waals surface area contributed by atoms with Crippen molar-refractivity contribution in [2.45, 2.75) is 46.0 Å². The highest BCUT2D eigenvalue weighted by atomic mass is 14.7. The van der Waals surface area contributed by atoms with Gasteiger partial charge in [0.2, 0.25) is 0 Å². The molecule has 1 heteroatoms. The molecule has 0 rings (SSSR count). The first-order valence-corrected chi connectivity index (χ1v) is 4.88. The standard InChI is InChI=1S/C11H19N/c1-3-5-7-9-11-12-10-8-6-4-2/h10H,3-5,7,9,11H2,1-2H3. The van der Waals surface area contributed by atoms with Crippen molar-refractivity contribution in [3.63, 3.8) is 0 Å². The van der Waals surface area contributed by atoms with Crippen molar-refractivity contribution in [2.24, 2.45) is 4.99 Å². The van der Waals surface area contributed by atoms with Gasteiger partial charge in [0.25, 0.3) is 0 Å². The molecule has 0 aliphatic carbocycles. The van der Waals surface area contributed by atoms with E-state index in [0.29, 0.717) is 0 Å². The fourth-order valence-corrected chi connectivity index (χ4v) is 0.888. The van der Waals surface area contributed by atoms with E-state index in [2.05, 4.69) is 23.8 Å². The Morgan fingerprint density at radius 1 is 1.17 bits per heavy atom. The third-order valence-electron chi connectivity index (χ3n) is 1.58. The maximum absolute atomic E-state index is 4.18. The van der Waals surface area contributed by atoms with E-state index in [9.17, 15) is 0 Å². The highest BCUT2D eigenvalue weighted by Gasteiger charge is 1.83. The normalized spacial score (nSPS) is 9.83. The Morgan fingerprint density at radius 3 is 2.67 bits per heavy atom. The van der Waals surface area contributed by atoms with Crippen LogP contribution < -0.4 is 0 Å². The molecule has 0 unspecified atom stereocenters. The Labute approximate surface area is 76.3 Å². The Balaban J connectivity index is 3.13. The number of aliphatic imine (C=N–C) groups is 1. The molecule has 0 bridgehead atoms. The van der Waals surface area contributed by atoms with Gasteiger partial charge in [-0.15, -0.1) is 0 Å². The van der Waals surface area contributed by atoms with E-state index >= 15 is 0 Å². The van der Waals surface area contributed by atoms with E-state index in [-0.39, 0.29) is 0 Å². The van der Waals surface area contributed by atoms with E-state index < -0.39 is 0 Å². The second-order valence-electron chi connectivity index (χ2n) is 2.77. The van der Waals surface area contributed by atoms with Crippen molar-refractivity contribution in [1.82, 2.24) is 0 Å². The second kappa shape index (κ2) is 10.2. The third kappa shape index (κ3) is 9.23. The van der Waals surface area contributed by atoms with Crippen LogP contribution >= 0.6 is 0 Å². The summed E-state index contributed by atoms with van der Waals surface area (Å²) in [6, 6.07) is 0. The fraction of sp³-hybridized carbons (Fsp3) is 0.727. The summed E-state index contributed by atoms with van der Waals surface area (Å²) in [6.45, 7) is 5.20. The van der Waals surface area contributed by atoms with Gasteiger partial charge in [0.05, 0.1) is 6.21 Å². The number of nitrogens with zero attached hydrogens (tertiary/aromatic N) is 1. The van der Waals surface area contributed by atoms with Crippen LogP contribution in [0.1, 0.15) is 46.0 Å². The summed E-state index contributed by atoms with van der Waals surface area (Å²) in [5, 5.41) is 0. The number of unbranched alkanes of at least 4 members (excludes halogenated alkanes) is 3. The molecule has 1 nitrogen and oxygen atoms in total. The van der Waals surface area contributed by atoms with Crippen molar-refractivity contribution < 1.29 is 0 Å². The van der Waals surface area contributed by atoms with Crippen LogP contribution in [-0.2, 0) is 0 Å². The Bertz CT molecular complexity index is 160. The van der Waals surface area contributed by atoms with Gasteiger partial charge >= 0.3 is 0 Å². The molecule has 0 heterocycles. The van der Waals surface area contributed by atoms with Crippen molar-refractivity contribution in [3.8, 4) is 11.8 Å². The third-order valence-corrected chi connectivity index (χ3v) is 1.58. The maximum Gasteiger partial charge on any atom is 0.0710 e. The minimum atomic E-state index is 0.919. The SMILES string of the molecule is CCC#CC=NCCCCCC. The molecule has 0 N–H and O–H groups in total. The van der Waals surface area contributed by atoms with Crippen LogP contribution in [0.5, 0.6) is 0 Å². The van der Waals surface area contributed by atoms with Crippen molar-refractivity contribution in [1.29, 1.82) is 0 Å². The molecule has 0 aliphatic rings. The van der Waals surface area contributed by atoms with Gasteiger partial charge in [-0.3, -0.25) is 4.99 Å². The molecule has 0 aliphatic heterocycles. The Morgan fingerprint density at radius 2 is 2.00 bits per heavy atom. The minimum Gasteiger partial charge on any atom is -0.284 e. The Kier molecular flexibility index (Phi) is 9.57. The highest BCUT2D eigenvalue weighted by Crippen LogP contribution is 1.97. The molecule has 0 fully saturated rings. The van der Waals surface area contributed by atoms with Crippen molar-refractivity contribution in [3.05, 3.63) is 0 Å². The van der Waals surface area contributed by atoms with E-state index in [0.717, 1.165) is 13.0 Å². The van der Waals surface area contributed by atoms with Crippen LogP contribution in [-0.4, -0.2) is 12.8 Å². The lowest BCUT2D eigenvalue weighted by Crippen LogP contribution is -1.81. The van der Waals surface area contributed by atoms with E-state index in [4.69, 9.17) is 0 Å². The van der Waals surface area contributed by atoms with Gasteiger partial charge in [0.1, 0.15) is 0 Å². The second-order valence-corrected chi connectivity index (χ2v) is 2.77. The van der Waals surface area contributed by atoms with Crippen LogP contribution in [0.25, 0.3) is 0 Å². The van der Waals surface area contributed by atoms with Crippen molar-refractivity contribution in [2.75, 3.05) is 6.54 Å². The maximum atomic E-state index is 4.18. The Hall–Kier alpha value is -0.770. The summed E-state index contributed by atoms with van der Waals surface area (Å²) in [4.78, 5) is 4.18. The van der Waals surface area contributed by atoms with Crippen LogP contribution in [0.4, 0.5) is 0 Å².